The number of ketones is 1. The summed E-state index contributed by atoms with van der Waals surface area (Å²) in [7, 11) is 0. The Morgan fingerprint density at radius 2 is 2.27 bits per heavy atom. The van der Waals surface area contributed by atoms with E-state index in [0.29, 0.717) is 5.75 Å². The number of hydrogen-bond donors (Lipinski definition) is 1. The topological polar surface area (TPSA) is 63.2 Å². The van der Waals surface area contributed by atoms with Gasteiger partial charge in [0.05, 0.1) is 0 Å². The van der Waals surface area contributed by atoms with Gasteiger partial charge in [0, 0.05) is 12.7 Å². The summed E-state index contributed by atoms with van der Waals surface area (Å²) in [5.41, 5.74) is 0. The zero-order chi connectivity index (χ0) is 8.43. The van der Waals surface area contributed by atoms with Crippen LogP contribution in [0.25, 0.3) is 0 Å². The third kappa shape index (κ3) is 1.80. The molecule has 0 aromatic carbocycles. The predicted molar refractivity (Wildman–Crippen MR) is 45.7 cm³/mol. The lowest BCUT2D eigenvalue weighted by atomic mass is 10.2. The maximum absolute atomic E-state index is 10.9. The van der Waals surface area contributed by atoms with Gasteiger partial charge < -0.3 is 5.32 Å². The van der Waals surface area contributed by atoms with Gasteiger partial charge in [-0.1, -0.05) is 0 Å². The van der Waals surface area contributed by atoms with E-state index in [4.69, 9.17) is 0 Å². The van der Waals surface area contributed by atoms with E-state index in [-0.39, 0.29) is 16.8 Å². The highest BCUT2D eigenvalue weighted by molar-refractivity contribution is 8.15. The standard InChI is InChI=1S/C6H11NO3S/c1-3(8)7-5-4(9)2-11-6(5)10/h5H,2H2,1H3,11H4,(H,7,8). The minimum absolute atomic E-state index is 0.0369. The van der Waals surface area contributed by atoms with Gasteiger partial charge in [-0.15, -0.1) is 0 Å². The number of nitrogens with one attached hydrogen (secondary N) is 1. The van der Waals surface area contributed by atoms with Gasteiger partial charge in [0.25, 0.3) is 0 Å². The Morgan fingerprint density at radius 1 is 1.64 bits per heavy atom. The molecule has 0 aromatic rings. The number of amides is 1. The van der Waals surface area contributed by atoms with Crippen LogP contribution in [0.1, 0.15) is 6.92 Å². The fraction of sp³-hybridized carbons (Fsp3) is 0.500. The number of carbonyl (C=O) groups excluding carboxylic acids is 3. The Labute approximate surface area is 67.7 Å². The Hall–Kier alpha value is -0.840. The van der Waals surface area contributed by atoms with Gasteiger partial charge in [-0.2, -0.15) is 0 Å². The highest BCUT2D eigenvalue weighted by Crippen LogP contribution is 2.16. The van der Waals surface area contributed by atoms with E-state index in [1.807, 2.05) is 0 Å². The van der Waals surface area contributed by atoms with Crippen LogP contribution < -0.4 is 5.32 Å². The number of rotatable bonds is 1. The van der Waals surface area contributed by atoms with Crippen LogP contribution in [0.15, 0.2) is 0 Å². The Morgan fingerprint density at radius 3 is 2.64 bits per heavy atom. The summed E-state index contributed by atoms with van der Waals surface area (Å²) in [5, 5.41) is 2.30. The largest absolute Gasteiger partial charge is 0.339 e. The molecule has 1 unspecified atom stereocenters. The Bertz CT molecular complexity index is 210. The summed E-state index contributed by atoms with van der Waals surface area (Å²) in [6, 6.07) is -0.792. The van der Waals surface area contributed by atoms with Crippen LogP contribution in [0, 0.1) is 0 Å². The van der Waals surface area contributed by atoms with Crippen molar-refractivity contribution in [2.75, 3.05) is 5.75 Å². The molecular formula is C6H11NO3S. The lowest BCUT2D eigenvalue weighted by Crippen LogP contribution is -2.41. The van der Waals surface area contributed by atoms with Crippen molar-refractivity contribution in [1.29, 1.82) is 0 Å². The van der Waals surface area contributed by atoms with Crippen LogP contribution in [0.3, 0.4) is 0 Å². The molecule has 1 heterocycles. The molecule has 64 valence electrons. The van der Waals surface area contributed by atoms with Crippen LogP contribution in [-0.2, 0) is 14.4 Å². The minimum atomic E-state index is -0.873. The average Bonchev–Trinajstić information content (AvgIpc) is 2.18. The van der Waals surface area contributed by atoms with Crippen LogP contribution in [0.2, 0.25) is 0 Å². The second-order valence-corrected chi connectivity index (χ2v) is 4.26. The second kappa shape index (κ2) is 3.04. The minimum Gasteiger partial charge on any atom is -0.339 e. The third-order valence-electron chi connectivity index (χ3n) is 1.61. The quantitative estimate of drug-likeness (QED) is 0.484. The lowest BCUT2D eigenvalue weighted by Gasteiger charge is -2.05. The van der Waals surface area contributed by atoms with E-state index in [1.54, 1.807) is 0 Å². The summed E-state index contributed by atoms with van der Waals surface area (Å²) in [6.45, 7) is 1.31. The molecule has 1 aliphatic rings. The monoisotopic (exact) mass is 177 g/mol. The van der Waals surface area contributed by atoms with Crippen LogP contribution >= 0.6 is 11.8 Å². The number of carbonyl (C=O) groups is 3. The molecule has 4 nitrogen and oxygen atoms in total. The van der Waals surface area contributed by atoms with Crippen LogP contribution in [0.4, 0.5) is 0 Å². The summed E-state index contributed by atoms with van der Waals surface area (Å²) in [4.78, 5) is 32.4. The van der Waals surface area contributed by atoms with Gasteiger partial charge in [0.2, 0.25) is 5.91 Å². The zero-order valence-electron chi connectivity index (χ0n) is 6.22. The zero-order valence-corrected chi connectivity index (χ0v) is 7.63. The molecular weight excluding hydrogens is 166 g/mol. The number of Topliss-reactive ketones (excluding diaryl/α,β-unsaturated/α-hetero) is 1. The van der Waals surface area contributed by atoms with Crippen molar-refractivity contribution < 1.29 is 14.4 Å². The van der Waals surface area contributed by atoms with E-state index in [0.717, 1.165) is 0 Å². The molecule has 5 heteroatoms. The van der Waals surface area contributed by atoms with Crippen molar-refractivity contribution in [3.8, 4) is 0 Å². The van der Waals surface area contributed by atoms with Gasteiger partial charge in [-0.05, 0) is 0 Å². The van der Waals surface area contributed by atoms with Crippen molar-refractivity contribution >= 4 is 28.6 Å². The molecule has 1 amide bonds. The first-order valence-corrected chi connectivity index (χ1v) is 5.14. The van der Waals surface area contributed by atoms with E-state index in [2.05, 4.69) is 5.32 Å². The molecule has 0 aromatic heterocycles. The first-order valence-electron chi connectivity index (χ1n) is 3.44. The predicted octanol–water partition coefficient (Wildman–Crippen LogP) is -1.74. The summed E-state index contributed by atoms with van der Waals surface area (Å²) in [6.07, 6.45) is 0. The molecule has 0 radical (unpaired) electrons. The maximum Gasteiger partial charge on any atom is 0.217 e. The molecule has 0 aliphatic carbocycles. The van der Waals surface area contributed by atoms with Crippen molar-refractivity contribution in [3.63, 3.8) is 0 Å². The van der Waals surface area contributed by atoms with E-state index < -0.39 is 17.8 Å². The molecule has 1 N–H and O–H groups in total. The maximum atomic E-state index is 10.9. The van der Waals surface area contributed by atoms with E-state index in [1.165, 1.54) is 6.92 Å². The highest BCUT2D eigenvalue weighted by atomic mass is 32.2. The van der Waals surface area contributed by atoms with Gasteiger partial charge in [-0.25, -0.2) is 0 Å². The van der Waals surface area contributed by atoms with Crippen molar-refractivity contribution in [2.24, 2.45) is 0 Å². The molecule has 0 saturated carbocycles. The van der Waals surface area contributed by atoms with Gasteiger partial charge in [0.1, 0.15) is 0 Å². The first kappa shape index (κ1) is 8.26. The van der Waals surface area contributed by atoms with E-state index in [9.17, 15) is 14.4 Å². The van der Waals surface area contributed by atoms with Crippen molar-refractivity contribution in [1.82, 2.24) is 5.32 Å². The molecule has 0 spiro atoms. The second-order valence-electron chi connectivity index (χ2n) is 2.57. The Kier molecular flexibility index (Phi) is 2.28. The number of hydrogen-bond acceptors (Lipinski definition) is 3. The highest BCUT2D eigenvalue weighted by Gasteiger charge is 2.31. The fourth-order valence-electron chi connectivity index (χ4n) is 1.08. The van der Waals surface area contributed by atoms with Crippen LogP contribution in [0.5, 0.6) is 0 Å². The molecule has 0 bridgehead atoms. The molecule has 1 saturated heterocycles. The molecule has 1 fully saturated rings. The van der Waals surface area contributed by atoms with Gasteiger partial charge in [-0.3, -0.25) is 26.1 Å². The summed E-state index contributed by atoms with van der Waals surface area (Å²) < 4.78 is 0. The summed E-state index contributed by atoms with van der Waals surface area (Å²) in [5.74, 6) is -0.0199. The molecule has 11 heavy (non-hydrogen) atoms. The molecule has 1 aliphatic heterocycles. The third-order valence-corrected chi connectivity index (χ3v) is 3.25. The smallest absolute Gasteiger partial charge is 0.217 e. The summed E-state index contributed by atoms with van der Waals surface area (Å²) >= 11 is -0.873. The van der Waals surface area contributed by atoms with E-state index >= 15 is 0 Å². The lowest BCUT2D eigenvalue weighted by molar-refractivity contribution is -0.128. The van der Waals surface area contributed by atoms with Crippen LogP contribution in [-0.4, -0.2) is 28.6 Å². The van der Waals surface area contributed by atoms with Gasteiger partial charge >= 0.3 is 0 Å². The molecule has 1 atom stereocenters. The fourth-order valence-corrected chi connectivity index (χ4v) is 2.48. The van der Waals surface area contributed by atoms with Gasteiger partial charge in [0.15, 0.2) is 16.9 Å². The SMILES string of the molecule is CC(=O)NC1C(=O)C[SH4]C1=O. The normalized spacial score (nSPS) is 24.6. The molecule has 1 rings (SSSR count). The van der Waals surface area contributed by atoms with Crippen molar-refractivity contribution in [2.45, 2.75) is 13.0 Å². The Balaban J connectivity index is 2.62. The first-order chi connectivity index (χ1) is 5.11. The van der Waals surface area contributed by atoms with Crippen molar-refractivity contribution in [3.05, 3.63) is 0 Å². The average molecular weight is 177 g/mol.